The lowest BCUT2D eigenvalue weighted by atomic mass is 10.2. The number of nitrogens with one attached hydrogen (secondary N) is 2. The SMILES string of the molecule is Cc1ccc(Br)c(SNC(=O)NC(=O)c2ccccc2)c1. The Labute approximate surface area is 135 Å². The van der Waals surface area contributed by atoms with Crippen LogP contribution in [0.1, 0.15) is 15.9 Å². The van der Waals surface area contributed by atoms with Gasteiger partial charge in [-0.3, -0.25) is 14.8 Å². The van der Waals surface area contributed by atoms with Crippen LogP contribution in [0.25, 0.3) is 0 Å². The Morgan fingerprint density at radius 2 is 1.81 bits per heavy atom. The lowest BCUT2D eigenvalue weighted by molar-refractivity contribution is 0.0965. The van der Waals surface area contributed by atoms with Gasteiger partial charge in [-0.05, 0) is 64.6 Å². The first kappa shape index (κ1) is 15.6. The molecule has 0 bridgehead atoms. The van der Waals surface area contributed by atoms with E-state index < -0.39 is 11.9 Å². The molecule has 0 unspecified atom stereocenters. The van der Waals surface area contributed by atoms with Gasteiger partial charge in [0.25, 0.3) is 5.91 Å². The fourth-order valence-electron chi connectivity index (χ4n) is 1.58. The van der Waals surface area contributed by atoms with Crippen LogP contribution in [-0.2, 0) is 0 Å². The number of carbonyl (C=O) groups excluding carboxylic acids is 2. The average molecular weight is 365 g/mol. The molecule has 0 atom stereocenters. The minimum Gasteiger partial charge on any atom is -0.277 e. The van der Waals surface area contributed by atoms with Crippen molar-refractivity contribution < 1.29 is 9.59 Å². The summed E-state index contributed by atoms with van der Waals surface area (Å²) in [6.07, 6.45) is 0. The smallest absolute Gasteiger partial charge is 0.277 e. The van der Waals surface area contributed by atoms with Gasteiger partial charge in [0.05, 0.1) is 0 Å². The molecule has 0 aliphatic rings. The Morgan fingerprint density at radius 1 is 1.10 bits per heavy atom. The highest BCUT2D eigenvalue weighted by molar-refractivity contribution is 9.10. The summed E-state index contributed by atoms with van der Waals surface area (Å²) in [5, 5.41) is 2.28. The first-order valence-electron chi connectivity index (χ1n) is 6.15. The van der Waals surface area contributed by atoms with Crippen molar-refractivity contribution in [2.75, 3.05) is 0 Å². The van der Waals surface area contributed by atoms with Crippen LogP contribution in [0.15, 0.2) is 57.9 Å². The van der Waals surface area contributed by atoms with E-state index in [-0.39, 0.29) is 0 Å². The molecule has 0 fully saturated rings. The highest BCUT2D eigenvalue weighted by Crippen LogP contribution is 2.26. The van der Waals surface area contributed by atoms with Gasteiger partial charge in [-0.25, -0.2) is 4.79 Å². The van der Waals surface area contributed by atoms with Crippen LogP contribution in [0.4, 0.5) is 4.79 Å². The highest BCUT2D eigenvalue weighted by atomic mass is 79.9. The molecule has 6 heteroatoms. The summed E-state index contributed by atoms with van der Waals surface area (Å²) in [4.78, 5) is 24.4. The summed E-state index contributed by atoms with van der Waals surface area (Å²) in [6.45, 7) is 1.97. The number of urea groups is 1. The number of hydrogen-bond donors (Lipinski definition) is 2. The van der Waals surface area contributed by atoms with Crippen LogP contribution in [0.5, 0.6) is 0 Å². The lowest BCUT2D eigenvalue weighted by Crippen LogP contribution is -2.36. The molecule has 21 heavy (non-hydrogen) atoms. The van der Waals surface area contributed by atoms with Crippen molar-refractivity contribution >= 4 is 39.8 Å². The maximum Gasteiger partial charge on any atom is 0.331 e. The predicted octanol–water partition coefficient (Wildman–Crippen LogP) is 3.90. The molecule has 4 nitrogen and oxygen atoms in total. The van der Waals surface area contributed by atoms with Crippen molar-refractivity contribution in [1.82, 2.24) is 10.0 Å². The van der Waals surface area contributed by atoms with Crippen molar-refractivity contribution in [1.29, 1.82) is 0 Å². The molecule has 2 aromatic carbocycles. The summed E-state index contributed by atoms with van der Waals surface area (Å²) in [6, 6.07) is 13.8. The van der Waals surface area contributed by atoms with Gasteiger partial charge in [0.2, 0.25) is 0 Å². The van der Waals surface area contributed by atoms with E-state index in [0.29, 0.717) is 5.56 Å². The first-order valence-corrected chi connectivity index (χ1v) is 7.76. The second-order valence-corrected chi connectivity index (χ2v) is 5.99. The summed E-state index contributed by atoms with van der Waals surface area (Å²) in [7, 11) is 0. The molecule has 2 rings (SSSR count). The fourth-order valence-corrected chi connectivity index (χ4v) is 2.73. The van der Waals surface area contributed by atoms with E-state index in [1.54, 1.807) is 24.3 Å². The minimum absolute atomic E-state index is 0.433. The van der Waals surface area contributed by atoms with Crippen LogP contribution in [-0.4, -0.2) is 11.9 Å². The number of benzene rings is 2. The molecule has 0 aliphatic carbocycles. The molecular formula is C15H13BrN2O2S. The maximum atomic E-state index is 11.8. The number of rotatable bonds is 3. The van der Waals surface area contributed by atoms with Crippen LogP contribution >= 0.6 is 27.9 Å². The van der Waals surface area contributed by atoms with E-state index in [1.165, 1.54) is 0 Å². The first-order chi connectivity index (χ1) is 10.1. The summed E-state index contributed by atoms with van der Waals surface area (Å²) in [5.74, 6) is -0.433. The summed E-state index contributed by atoms with van der Waals surface area (Å²) in [5.41, 5.74) is 1.53. The van der Waals surface area contributed by atoms with Gasteiger partial charge in [-0.1, -0.05) is 24.3 Å². The van der Waals surface area contributed by atoms with E-state index >= 15 is 0 Å². The van der Waals surface area contributed by atoms with E-state index in [9.17, 15) is 9.59 Å². The van der Waals surface area contributed by atoms with Crippen molar-refractivity contribution in [2.24, 2.45) is 0 Å². The zero-order chi connectivity index (χ0) is 15.2. The van der Waals surface area contributed by atoms with Crippen LogP contribution in [0, 0.1) is 6.92 Å². The lowest BCUT2D eigenvalue weighted by Gasteiger charge is -2.08. The van der Waals surface area contributed by atoms with E-state index in [0.717, 1.165) is 26.9 Å². The van der Waals surface area contributed by atoms with Crippen molar-refractivity contribution in [3.05, 3.63) is 64.1 Å². The van der Waals surface area contributed by atoms with Crippen LogP contribution < -0.4 is 10.0 Å². The monoisotopic (exact) mass is 364 g/mol. The topological polar surface area (TPSA) is 58.2 Å². The Bertz CT molecular complexity index is 662. The van der Waals surface area contributed by atoms with Crippen molar-refractivity contribution in [2.45, 2.75) is 11.8 Å². The second kappa shape index (κ2) is 7.28. The Morgan fingerprint density at radius 3 is 2.52 bits per heavy atom. The van der Waals surface area contributed by atoms with E-state index in [1.807, 2.05) is 31.2 Å². The third kappa shape index (κ3) is 4.61. The minimum atomic E-state index is -0.553. The molecular weight excluding hydrogens is 352 g/mol. The molecule has 2 N–H and O–H groups in total. The highest BCUT2D eigenvalue weighted by Gasteiger charge is 2.10. The Hall–Kier alpha value is -1.79. The molecule has 0 aromatic heterocycles. The molecule has 2 aromatic rings. The molecule has 0 heterocycles. The van der Waals surface area contributed by atoms with E-state index in [2.05, 4.69) is 26.0 Å². The summed E-state index contributed by atoms with van der Waals surface area (Å²) < 4.78 is 3.47. The van der Waals surface area contributed by atoms with Gasteiger partial charge < -0.3 is 0 Å². The van der Waals surface area contributed by atoms with Gasteiger partial charge in [0.15, 0.2) is 0 Å². The largest absolute Gasteiger partial charge is 0.331 e. The normalized spacial score (nSPS) is 10.0. The number of hydrogen-bond acceptors (Lipinski definition) is 3. The molecule has 0 radical (unpaired) electrons. The third-order valence-corrected chi connectivity index (χ3v) is 4.40. The number of halogens is 1. The van der Waals surface area contributed by atoms with Crippen LogP contribution in [0.2, 0.25) is 0 Å². The number of aryl methyl sites for hydroxylation is 1. The zero-order valence-corrected chi connectivity index (χ0v) is 13.6. The number of carbonyl (C=O) groups is 2. The predicted molar refractivity (Wildman–Crippen MR) is 87.2 cm³/mol. The fraction of sp³-hybridized carbons (Fsp3) is 0.0667. The number of imide groups is 1. The standard InChI is InChI=1S/C15H13BrN2O2S/c1-10-7-8-12(16)13(9-10)21-18-15(20)17-14(19)11-5-3-2-4-6-11/h2-9H,1H3,(H2,17,18,19,20). The van der Waals surface area contributed by atoms with Gasteiger partial charge in [0.1, 0.15) is 0 Å². The quantitative estimate of drug-likeness (QED) is 0.811. The molecule has 0 aliphatic heterocycles. The zero-order valence-electron chi connectivity index (χ0n) is 11.2. The van der Waals surface area contributed by atoms with Crippen molar-refractivity contribution in [3.63, 3.8) is 0 Å². The maximum absolute atomic E-state index is 11.8. The molecule has 3 amide bonds. The molecule has 0 spiro atoms. The van der Waals surface area contributed by atoms with Gasteiger partial charge in [-0.15, -0.1) is 0 Å². The van der Waals surface area contributed by atoms with E-state index in [4.69, 9.17) is 0 Å². The number of amides is 3. The van der Waals surface area contributed by atoms with Crippen molar-refractivity contribution in [3.8, 4) is 0 Å². The van der Waals surface area contributed by atoms with Gasteiger partial charge in [-0.2, -0.15) is 0 Å². The third-order valence-electron chi connectivity index (χ3n) is 2.60. The Kier molecular flexibility index (Phi) is 5.41. The Balaban J connectivity index is 1.91. The van der Waals surface area contributed by atoms with Gasteiger partial charge >= 0.3 is 6.03 Å². The molecule has 108 valence electrons. The molecule has 0 saturated heterocycles. The second-order valence-electron chi connectivity index (χ2n) is 4.29. The molecule has 0 saturated carbocycles. The summed E-state index contributed by atoms with van der Waals surface area (Å²) >= 11 is 4.55. The van der Waals surface area contributed by atoms with Gasteiger partial charge in [0, 0.05) is 14.9 Å². The van der Waals surface area contributed by atoms with Crippen LogP contribution in [0.3, 0.4) is 0 Å². The average Bonchev–Trinajstić information content (AvgIpc) is 2.49.